The molecule has 0 bridgehead atoms. The molecule has 0 saturated carbocycles. The Morgan fingerprint density at radius 2 is 2.16 bits per heavy atom. The van der Waals surface area contributed by atoms with Crippen molar-refractivity contribution < 1.29 is 14.7 Å². The minimum absolute atomic E-state index is 0.0470. The fourth-order valence-electron chi connectivity index (χ4n) is 2.64. The van der Waals surface area contributed by atoms with Crippen LogP contribution in [0.1, 0.15) is 43.2 Å². The lowest BCUT2D eigenvalue weighted by Crippen LogP contribution is -2.31. The summed E-state index contributed by atoms with van der Waals surface area (Å²) in [6.07, 6.45) is 2.24. The van der Waals surface area contributed by atoms with E-state index in [1.54, 1.807) is 11.9 Å². The summed E-state index contributed by atoms with van der Waals surface area (Å²) < 4.78 is 0. The highest BCUT2D eigenvalue weighted by Crippen LogP contribution is 2.32. The summed E-state index contributed by atoms with van der Waals surface area (Å²) in [6.45, 7) is 2.00. The molecule has 1 aromatic rings. The van der Waals surface area contributed by atoms with Gasteiger partial charge in [-0.25, -0.2) is 0 Å². The second-order valence-electron chi connectivity index (χ2n) is 5.04. The monoisotopic (exact) mass is 261 g/mol. The number of anilines is 1. The number of carboxylic acid groups (broad SMARTS) is 1. The van der Waals surface area contributed by atoms with E-state index in [0.717, 1.165) is 29.7 Å². The Morgan fingerprint density at radius 1 is 1.42 bits per heavy atom. The molecule has 1 heterocycles. The van der Waals surface area contributed by atoms with Gasteiger partial charge in [-0.05, 0) is 36.0 Å². The van der Waals surface area contributed by atoms with Gasteiger partial charge in [-0.2, -0.15) is 0 Å². The Bertz CT molecular complexity index is 510. The zero-order valence-corrected chi connectivity index (χ0v) is 11.3. The Labute approximate surface area is 113 Å². The van der Waals surface area contributed by atoms with Crippen LogP contribution < -0.4 is 4.90 Å². The molecule has 1 atom stereocenters. The first kappa shape index (κ1) is 13.6. The molecule has 1 aliphatic rings. The maximum absolute atomic E-state index is 11.6. The van der Waals surface area contributed by atoms with Gasteiger partial charge in [0.15, 0.2) is 0 Å². The number of carbonyl (C=O) groups excluding carboxylic acids is 1. The summed E-state index contributed by atoms with van der Waals surface area (Å²) >= 11 is 0. The van der Waals surface area contributed by atoms with E-state index in [4.69, 9.17) is 5.11 Å². The van der Waals surface area contributed by atoms with Gasteiger partial charge in [0.2, 0.25) is 5.91 Å². The highest BCUT2D eigenvalue weighted by molar-refractivity contribution is 5.95. The van der Waals surface area contributed by atoms with Crippen molar-refractivity contribution in [1.82, 2.24) is 0 Å². The summed E-state index contributed by atoms with van der Waals surface area (Å²) in [4.78, 5) is 24.2. The zero-order valence-electron chi connectivity index (χ0n) is 11.3. The van der Waals surface area contributed by atoms with Crippen molar-refractivity contribution in [2.24, 2.45) is 0 Å². The number of fused-ring (bicyclic) bond motifs is 1. The molecule has 0 aliphatic carbocycles. The molecule has 0 spiro atoms. The summed E-state index contributed by atoms with van der Waals surface area (Å²) in [5.74, 6) is -0.583. The van der Waals surface area contributed by atoms with Crippen LogP contribution in [0, 0.1) is 0 Å². The largest absolute Gasteiger partial charge is 0.481 e. The number of hydrogen-bond donors (Lipinski definition) is 1. The highest BCUT2D eigenvalue weighted by atomic mass is 16.4. The van der Waals surface area contributed by atoms with E-state index in [-0.39, 0.29) is 18.2 Å². The molecule has 1 N–H and O–H groups in total. The molecule has 19 heavy (non-hydrogen) atoms. The fourth-order valence-corrected chi connectivity index (χ4v) is 2.64. The van der Waals surface area contributed by atoms with Gasteiger partial charge in [-0.1, -0.05) is 19.1 Å². The third kappa shape index (κ3) is 2.78. The second-order valence-corrected chi connectivity index (χ2v) is 5.04. The van der Waals surface area contributed by atoms with E-state index < -0.39 is 5.97 Å². The second kappa shape index (κ2) is 5.43. The van der Waals surface area contributed by atoms with Crippen LogP contribution in [-0.4, -0.2) is 24.0 Å². The van der Waals surface area contributed by atoms with Gasteiger partial charge >= 0.3 is 5.97 Å². The SMILES string of the molecule is CCC(CC(=O)O)c1ccc2c(c1)CCC(=O)N2C. The normalized spacial score (nSPS) is 16.1. The fraction of sp³-hybridized carbons (Fsp3) is 0.467. The van der Waals surface area contributed by atoms with Gasteiger partial charge in [0.25, 0.3) is 0 Å². The first-order valence-electron chi connectivity index (χ1n) is 6.64. The molecule has 102 valence electrons. The van der Waals surface area contributed by atoms with Gasteiger partial charge < -0.3 is 10.0 Å². The van der Waals surface area contributed by atoms with Crippen molar-refractivity contribution in [2.75, 3.05) is 11.9 Å². The Balaban J connectivity index is 2.30. The topological polar surface area (TPSA) is 57.6 Å². The van der Waals surface area contributed by atoms with Gasteiger partial charge in [-0.3, -0.25) is 9.59 Å². The standard InChI is InChI=1S/C15H19NO3/c1-3-10(9-15(18)19)11-4-6-13-12(8-11)5-7-14(17)16(13)2/h4,6,8,10H,3,5,7,9H2,1-2H3,(H,18,19). The number of aliphatic carboxylic acids is 1. The Kier molecular flexibility index (Phi) is 3.88. The van der Waals surface area contributed by atoms with Crippen LogP contribution in [0.3, 0.4) is 0 Å². The summed E-state index contributed by atoms with van der Waals surface area (Å²) in [7, 11) is 1.79. The molecule has 0 aromatic heterocycles. The van der Waals surface area contributed by atoms with Crippen molar-refractivity contribution in [3.63, 3.8) is 0 Å². The number of amides is 1. The van der Waals surface area contributed by atoms with Crippen LogP contribution in [0.5, 0.6) is 0 Å². The van der Waals surface area contributed by atoms with Crippen molar-refractivity contribution in [2.45, 2.75) is 38.5 Å². The number of carbonyl (C=O) groups is 2. The van der Waals surface area contributed by atoms with Gasteiger partial charge in [-0.15, -0.1) is 0 Å². The number of nitrogens with zero attached hydrogens (tertiary/aromatic N) is 1. The molecule has 0 fully saturated rings. The van der Waals surface area contributed by atoms with Crippen LogP contribution in [0.2, 0.25) is 0 Å². The average Bonchev–Trinajstić information content (AvgIpc) is 2.40. The minimum atomic E-state index is -0.767. The molecule has 1 aliphatic heterocycles. The summed E-state index contributed by atoms with van der Waals surface area (Å²) in [5, 5.41) is 8.94. The van der Waals surface area contributed by atoms with Gasteiger partial charge in [0, 0.05) is 19.2 Å². The average molecular weight is 261 g/mol. The lowest BCUT2D eigenvalue weighted by Gasteiger charge is -2.27. The van der Waals surface area contributed by atoms with Crippen LogP contribution in [0.25, 0.3) is 0 Å². The molecular weight excluding hydrogens is 242 g/mol. The van der Waals surface area contributed by atoms with Crippen LogP contribution in [-0.2, 0) is 16.0 Å². The highest BCUT2D eigenvalue weighted by Gasteiger charge is 2.22. The predicted molar refractivity (Wildman–Crippen MR) is 73.5 cm³/mol. The lowest BCUT2D eigenvalue weighted by molar-refractivity contribution is -0.137. The van der Waals surface area contributed by atoms with Crippen LogP contribution in [0.4, 0.5) is 5.69 Å². The molecule has 1 amide bonds. The molecular formula is C15H19NO3. The van der Waals surface area contributed by atoms with E-state index in [1.807, 2.05) is 19.1 Å². The third-order valence-corrected chi connectivity index (χ3v) is 3.83. The first-order valence-corrected chi connectivity index (χ1v) is 6.64. The molecule has 0 saturated heterocycles. The quantitative estimate of drug-likeness (QED) is 0.906. The Morgan fingerprint density at radius 3 is 2.79 bits per heavy atom. The smallest absolute Gasteiger partial charge is 0.303 e. The summed E-state index contributed by atoms with van der Waals surface area (Å²) in [5.41, 5.74) is 3.15. The van der Waals surface area contributed by atoms with Crippen molar-refractivity contribution in [3.05, 3.63) is 29.3 Å². The first-order chi connectivity index (χ1) is 9.02. The van der Waals surface area contributed by atoms with E-state index in [1.165, 1.54) is 0 Å². The van der Waals surface area contributed by atoms with E-state index in [2.05, 4.69) is 6.07 Å². The molecule has 1 aromatic carbocycles. The van der Waals surface area contributed by atoms with Crippen molar-refractivity contribution >= 4 is 17.6 Å². The maximum Gasteiger partial charge on any atom is 0.303 e. The van der Waals surface area contributed by atoms with Gasteiger partial charge in [0.1, 0.15) is 0 Å². The van der Waals surface area contributed by atoms with E-state index in [9.17, 15) is 9.59 Å². The van der Waals surface area contributed by atoms with Gasteiger partial charge in [0.05, 0.1) is 6.42 Å². The molecule has 4 nitrogen and oxygen atoms in total. The third-order valence-electron chi connectivity index (χ3n) is 3.83. The number of benzene rings is 1. The number of hydrogen-bond acceptors (Lipinski definition) is 2. The molecule has 0 radical (unpaired) electrons. The predicted octanol–water partition coefficient (Wildman–Crippen LogP) is 2.56. The van der Waals surface area contributed by atoms with Crippen LogP contribution in [0.15, 0.2) is 18.2 Å². The van der Waals surface area contributed by atoms with Crippen molar-refractivity contribution in [3.8, 4) is 0 Å². The number of rotatable bonds is 4. The lowest BCUT2D eigenvalue weighted by atomic mass is 9.89. The number of carboxylic acids is 1. The molecule has 1 unspecified atom stereocenters. The molecule has 2 rings (SSSR count). The zero-order chi connectivity index (χ0) is 14.0. The molecule has 4 heteroatoms. The maximum atomic E-state index is 11.6. The summed E-state index contributed by atoms with van der Waals surface area (Å²) in [6, 6.07) is 5.95. The van der Waals surface area contributed by atoms with Crippen LogP contribution >= 0.6 is 0 Å². The number of aryl methyl sites for hydroxylation is 1. The van der Waals surface area contributed by atoms with Crippen molar-refractivity contribution in [1.29, 1.82) is 0 Å². The minimum Gasteiger partial charge on any atom is -0.481 e. The van der Waals surface area contributed by atoms with E-state index >= 15 is 0 Å². The Hall–Kier alpha value is -1.84. The van der Waals surface area contributed by atoms with E-state index in [0.29, 0.717) is 6.42 Å².